The number of ether oxygens (including phenoxy) is 5. The highest BCUT2D eigenvalue weighted by Gasteiger charge is 2.19. The summed E-state index contributed by atoms with van der Waals surface area (Å²) < 4.78 is 23.6. The van der Waals surface area contributed by atoms with Crippen LogP contribution in [0.1, 0.15) is 516 Å². The minimum atomic E-state index is -0.116. The van der Waals surface area contributed by atoms with Crippen LogP contribution in [0.3, 0.4) is 0 Å². The van der Waals surface area contributed by atoms with E-state index < -0.39 is 0 Å². The molecule has 0 aromatic heterocycles. The van der Waals surface area contributed by atoms with Crippen LogP contribution < -0.4 is 5.32 Å². The van der Waals surface area contributed by atoms with Crippen LogP contribution in [0, 0.1) is 60.1 Å². The van der Waals surface area contributed by atoms with Crippen LogP contribution in [0.4, 0.5) is 0 Å². The molecule has 2 aromatic rings. The van der Waals surface area contributed by atoms with Gasteiger partial charge in [0, 0.05) is 51.9 Å². The Hall–Kier alpha value is -4.25. The second-order valence-electron chi connectivity index (χ2n) is 47.6. The molecule has 0 heterocycles. The molecule has 0 atom stereocenters. The van der Waals surface area contributed by atoms with Crippen LogP contribution in [-0.4, -0.2) is 78.0 Å². The number of esters is 4. The molecule has 11 nitrogen and oxygen atoms in total. The molecule has 2 aromatic carbocycles. The molecule has 1 N–H and O–H groups in total. The fourth-order valence-corrected chi connectivity index (χ4v) is 12.8. The van der Waals surface area contributed by atoms with Gasteiger partial charge in [-0.1, -0.05) is 424 Å². The quantitative estimate of drug-likeness (QED) is 0.0388. The van der Waals surface area contributed by atoms with Gasteiger partial charge in [-0.2, -0.15) is 0 Å². The van der Waals surface area contributed by atoms with Gasteiger partial charge in [0.05, 0.1) is 28.4 Å². The fourth-order valence-electron chi connectivity index (χ4n) is 12.8. The first-order chi connectivity index (χ1) is 57.1. The van der Waals surface area contributed by atoms with Gasteiger partial charge in [-0.05, 0) is 193 Å². The van der Waals surface area contributed by atoms with E-state index in [1.54, 1.807) is 0 Å². The summed E-state index contributed by atoms with van der Waals surface area (Å²) in [6.07, 6.45) is 54.0. The second kappa shape index (κ2) is 79.7. The molecule has 0 spiro atoms. The highest BCUT2D eigenvalue weighted by Crippen LogP contribution is 2.32. The molecule has 1 aliphatic carbocycles. The smallest absolute Gasteiger partial charge is 0.305 e. The third-order valence-electron chi connectivity index (χ3n) is 20.9. The zero-order valence-corrected chi connectivity index (χ0v) is 90.4. The number of carbonyl (C=O) groups excluding carboxylic acids is 5. The van der Waals surface area contributed by atoms with Gasteiger partial charge >= 0.3 is 23.9 Å². The van der Waals surface area contributed by atoms with E-state index in [1.165, 1.54) is 232 Å². The van der Waals surface area contributed by atoms with Crippen molar-refractivity contribution in [2.75, 3.05) is 48.2 Å². The average molecular weight is 1750 g/mol. The van der Waals surface area contributed by atoms with Crippen molar-refractivity contribution in [3.63, 3.8) is 0 Å². The molecule has 0 saturated heterocycles. The molecule has 0 aliphatic heterocycles. The van der Waals surface area contributed by atoms with Gasteiger partial charge in [-0.3, -0.25) is 24.0 Å². The Morgan fingerprint density at radius 3 is 0.919 bits per heavy atom. The van der Waals surface area contributed by atoms with Crippen LogP contribution in [-0.2, 0) is 60.5 Å². The second-order valence-corrected chi connectivity index (χ2v) is 47.6. The molecule has 124 heavy (non-hydrogen) atoms. The van der Waals surface area contributed by atoms with Crippen LogP contribution in [0.2, 0.25) is 0 Å². The highest BCUT2D eigenvalue weighted by atomic mass is 16.5. The van der Waals surface area contributed by atoms with Crippen molar-refractivity contribution >= 4 is 29.8 Å². The number of hydrogen-bond acceptors (Lipinski definition) is 10. The zero-order chi connectivity index (χ0) is 96.9. The monoisotopic (exact) mass is 1750 g/mol. The van der Waals surface area contributed by atoms with E-state index in [9.17, 15) is 24.0 Å². The van der Waals surface area contributed by atoms with E-state index in [4.69, 9.17) is 4.74 Å². The van der Waals surface area contributed by atoms with E-state index >= 15 is 0 Å². The van der Waals surface area contributed by atoms with Crippen molar-refractivity contribution in [1.29, 1.82) is 0 Å². The maximum absolute atomic E-state index is 11.1. The number of carbonyl (C=O) groups is 5. The molecular formula is C113H219NO10. The summed E-state index contributed by atoms with van der Waals surface area (Å²) in [4.78, 5) is 54.0. The Bertz CT molecular complexity index is 2660. The summed E-state index contributed by atoms with van der Waals surface area (Å²) in [5.41, 5.74) is 7.19. The number of methoxy groups -OCH3 is 4. The molecule has 11 heteroatoms. The minimum absolute atomic E-state index is 0.0826. The predicted molar refractivity (Wildman–Crippen MR) is 546 cm³/mol. The topological polar surface area (TPSA) is 144 Å². The van der Waals surface area contributed by atoms with Crippen LogP contribution in [0.25, 0.3) is 0 Å². The summed E-state index contributed by atoms with van der Waals surface area (Å²) in [5, 5.41) is 2.87. The van der Waals surface area contributed by atoms with Crippen LogP contribution >= 0.6 is 0 Å². The summed E-state index contributed by atoms with van der Waals surface area (Å²) in [6, 6.07) is 21.5. The SMILES string of the molecule is CC(C)(C)CCCC1CCCCC1.CC(C)(C)CCCCc1ccccc1.CC(C)(C)CCc1ccccc1.CCCCCCCCCC(C)(C)C.CCCNC(=O)CCC(C)(C)C.CCCOCCCC(C)(C)C.COC(=O)CCC(C)(C)C.COC(=O)CCCCC(C)(C)C.COC(=O)CCCCCC(C)(C)C.COC(=O)CCCCCCC(C)(C)C. The lowest BCUT2D eigenvalue weighted by molar-refractivity contribution is -0.142. The highest BCUT2D eigenvalue weighted by molar-refractivity contribution is 5.75. The summed E-state index contributed by atoms with van der Waals surface area (Å²) in [6.45, 7) is 76.8. The lowest BCUT2D eigenvalue weighted by atomic mass is 9.83. The molecule has 1 aliphatic rings. The van der Waals surface area contributed by atoms with Crippen molar-refractivity contribution in [1.82, 2.24) is 5.32 Å². The number of aryl methyl sites for hydroxylation is 2. The van der Waals surface area contributed by atoms with Crippen LogP contribution in [0.15, 0.2) is 60.7 Å². The van der Waals surface area contributed by atoms with Crippen molar-refractivity contribution < 1.29 is 47.7 Å². The Balaban J connectivity index is -0.000000246. The molecule has 0 radical (unpaired) electrons. The van der Waals surface area contributed by atoms with Crippen molar-refractivity contribution in [3.8, 4) is 0 Å². The minimum Gasteiger partial charge on any atom is -0.469 e. The number of hydrogen-bond donors (Lipinski definition) is 1. The lowest BCUT2D eigenvalue weighted by Gasteiger charge is -2.23. The first kappa shape index (κ1) is 133. The number of benzene rings is 2. The standard InChI is InChI=1S/C14H22.C13H26.C13H28.C12H24O2.C12H18.C11H22O2.C10H21NO.C10H20O2.C10H22O.C8H16O2/c1-14(2,3)12-8-7-11-13-9-5-4-6-10-13;1-13(2,3)11-7-10-12-8-5-4-6-9-12;1-5-6-7-8-9-10-11-12-13(2,3)4;1-12(2,3)10-8-6-5-7-9-11(13)14-4;1-12(2,3)10-9-11-7-5-4-6-8-11;1-11(2,3)9-7-5-6-8-10(12)13-4;1-5-8-11-9(12)6-7-10(2,3)4;1-10(2,3)8-6-5-7-9(11)12-4;1-5-8-11-9-6-7-10(2,3)4;1-8(2,3)6-5-7(9)10-4/h4-6,9-10H,7-8,11-12H2,1-3H3;12H,4-11H2,1-3H3;5-12H2,1-4H3;5-10H2,1-4H3;4-8H,9-10H2,1-3H3;5-9H2,1-4H3;5-8H2,1-4H3,(H,11,12);5-8H2,1-4H3;5-9H2,1-4H3;5-6H2,1-4H3. The maximum Gasteiger partial charge on any atom is 0.305 e. The zero-order valence-electron chi connectivity index (χ0n) is 90.4. The van der Waals surface area contributed by atoms with Crippen molar-refractivity contribution in [2.24, 2.45) is 60.1 Å². The first-order valence-electron chi connectivity index (χ1n) is 50.3. The molecule has 3 rings (SSSR count). The average Bonchev–Trinajstić information content (AvgIpc) is 0.940. The molecule has 0 unspecified atom stereocenters. The van der Waals surface area contributed by atoms with Gasteiger partial charge in [-0.15, -0.1) is 0 Å². The normalized spacial score (nSPS) is 12.5. The molecule has 0 bridgehead atoms. The summed E-state index contributed by atoms with van der Waals surface area (Å²) in [7, 11) is 5.75. The van der Waals surface area contributed by atoms with Crippen molar-refractivity contribution in [2.45, 2.75) is 517 Å². The Kier molecular flexibility index (Phi) is 85.4. The van der Waals surface area contributed by atoms with E-state index in [2.05, 4.69) is 313 Å². The molecular weight excluding hydrogens is 1530 g/mol. The molecule has 1 saturated carbocycles. The van der Waals surface area contributed by atoms with E-state index in [0.29, 0.717) is 75.4 Å². The first-order valence-corrected chi connectivity index (χ1v) is 50.3. The van der Waals surface area contributed by atoms with Crippen molar-refractivity contribution in [3.05, 3.63) is 71.8 Å². The Labute approximate surface area is 775 Å². The number of nitrogens with one attached hydrogen (secondary N) is 1. The lowest BCUT2D eigenvalue weighted by Crippen LogP contribution is -2.25. The van der Waals surface area contributed by atoms with Crippen LogP contribution in [0.5, 0.6) is 0 Å². The van der Waals surface area contributed by atoms with Gasteiger partial charge in [0.2, 0.25) is 5.91 Å². The predicted octanol–water partition coefficient (Wildman–Crippen LogP) is 35.1. The molecule has 1 fully saturated rings. The van der Waals surface area contributed by atoms with Gasteiger partial charge in [0.1, 0.15) is 0 Å². The van der Waals surface area contributed by atoms with Gasteiger partial charge in [0.25, 0.3) is 0 Å². The van der Waals surface area contributed by atoms with Gasteiger partial charge < -0.3 is 29.0 Å². The number of unbranched alkanes of at least 4 members (excludes halogenated alkanes) is 13. The molecule has 736 valence electrons. The number of amides is 1. The maximum atomic E-state index is 11.1. The third kappa shape index (κ3) is 133. The largest absolute Gasteiger partial charge is 0.469 e. The third-order valence-corrected chi connectivity index (χ3v) is 20.9. The summed E-state index contributed by atoms with van der Waals surface area (Å²) >= 11 is 0. The Morgan fingerprint density at radius 1 is 0.282 bits per heavy atom. The van der Waals surface area contributed by atoms with E-state index in [-0.39, 0.29) is 40.6 Å². The van der Waals surface area contributed by atoms with E-state index in [1.807, 2.05) is 0 Å². The Morgan fingerprint density at radius 2 is 0.573 bits per heavy atom. The fraction of sp³-hybridized carbons (Fsp3) is 0.850. The summed E-state index contributed by atoms with van der Waals surface area (Å²) in [5.74, 6) is 0.887. The molecule has 1 amide bonds. The van der Waals surface area contributed by atoms with Gasteiger partial charge in [0.15, 0.2) is 0 Å². The number of rotatable bonds is 42. The van der Waals surface area contributed by atoms with E-state index in [0.717, 1.165) is 89.9 Å². The van der Waals surface area contributed by atoms with Gasteiger partial charge in [-0.25, -0.2) is 0 Å².